The molecule has 1 N–H and O–H groups in total. The van der Waals surface area contributed by atoms with Crippen molar-refractivity contribution < 1.29 is 0 Å². The van der Waals surface area contributed by atoms with Crippen molar-refractivity contribution in [2.24, 2.45) is 12.5 Å². The van der Waals surface area contributed by atoms with Crippen molar-refractivity contribution in [3.63, 3.8) is 0 Å². The molecule has 0 radical (unpaired) electrons. The highest BCUT2D eigenvalue weighted by atomic mass is 15.3. The number of aryl methyl sites for hydroxylation is 1. The molecule has 1 unspecified atom stereocenters. The predicted octanol–water partition coefficient (Wildman–Crippen LogP) is 1.18. The van der Waals surface area contributed by atoms with E-state index in [0.717, 1.165) is 11.6 Å². The maximum atomic E-state index is 4.24. The average molecular weight is 194 g/mol. The Balaban J connectivity index is 2.32. The lowest BCUT2D eigenvalue weighted by atomic mass is 9.98. The summed E-state index contributed by atoms with van der Waals surface area (Å²) in [6, 6.07) is 0.341. The monoisotopic (exact) mass is 194 g/mol. The molecule has 0 aliphatic heterocycles. The molecule has 1 fully saturated rings. The maximum absolute atomic E-state index is 4.24. The molecule has 1 atom stereocenters. The highest BCUT2D eigenvalue weighted by Crippen LogP contribution is 2.53. The van der Waals surface area contributed by atoms with Gasteiger partial charge in [0.2, 0.25) is 0 Å². The third-order valence-electron chi connectivity index (χ3n) is 3.41. The molecule has 1 heterocycles. The number of nitrogens with one attached hydrogen (secondary N) is 1. The average Bonchev–Trinajstić information content (AvgIpc) is 2.82. The second-order valence-corrected chi connectivity index (χ2v) is 4.54. The lowest BCUT2D eigenvalue weighted by Crippen LogP contribution is -2.27. The van der Waals surface area contributed by atoms with Gasteiger partial charge in [-0.2, -0.15) is 0 Å². The van der Waals surface area contributed by atoms with Crippen LogP contribution in [0, 0.1) is 12.3 Å². The van der Waals surface area contributed by atoms with E-state index >= 15 is 0 Å². The summed E-state index contributed by atoms with van der Waals surface area (Å²) in [5.41, 5.74) is 0.391. The van der Waals surface area contributed by atoms with E-state index in [4.69, 9.17) is 0 Å². The Morgan fingerprint density at radius 1 is 1.43 bits per heavy atom. The van der Waals surface area contributed by atoms with Crippen LogP contribution in [0.2, 0.25) is 0 Å². The van der Waals surface area contributed by atoms with Crippen LogP contribution in [0.5, 0.6) is 0 Å². The van der Waals surface area contributed by atoms with Gasteiger partial charge in [-0.25, -0.2) is 0 Å². The largest absolute Gasteiger partial charge is 0.317 e. The van der Waals surface area contributed by atoms with Gasteiger partial charge in [0.05, 0.1) is 6.04 Å². The summed E-state index contributed by atoms with van der Waals surface area (Å²) in [6.07, 6.45) is 2.56. The summed E-state index contributed by atoms with van der Waals surface area (Å²) >= 11 is 0. The summed E-state index contributed by atoms with van der Waals surface area (Å²) in [7, 11) is 4.03. The van der Waals surface area contributed by atoms with Crippen LogP contribution in [-0.4, -0.2) is 21.8 Å². The smallest absolute Gasteiger partial charge is 0.150 e. The van der Waals surface area contributed by atoms with E-state index in [1.807, 2.05) is 21.0 Å². The normalized spacial score (nSPS) is 20.9. The van der Waals surface area contributed by atoms with Crippen LogP contribution in [-0.2, 0) is 7.05 Å². The van der Waals surface area contributed by atoms with Gasteiger partial charge in [0.1, 0.15) is 11.6 Å². The molecule has 1 aromatic rings. The van der Waals surface area contributed by atoms with E-state index in [-0.39, 0.29) is 0 Å². The molecule has 78 valence electrons. The number of hydrogen-bond acceptors (Lipinski definition) is 3. The van der Waals surface area contributed by atoms with Crippen molar-refractivity contribution >= 4 is 0 Å². The van der Waals surface area contributed by atoms with E-state index in [2.05, 4.69) is 27.0 Å². The topological polar surface area (TPSA) is 42.7 Å². The molecule has 1 aromatic heterocycles. The molecule has 4 nitrogen and oxygen atoms in total. The molecule has 2 rings (SSSR count). The first-order valence-electron chi connectivity index (χ1n) is 5.11. The van der Waals surface area contributed by atoms with Gasteiger partial charge in [0.15, 0.2) is 0 Å². The summed E-state index contributed by atoms with van der Waals surface area (Å²) in [5, 5.41) is 11.7. The number of aromatic nitrogens is 3. The fraction of sp³-hybridized carbons (Fsp3) is 0.800. The minimum absolute atomic E-state index is 0.341. The molecule has 1 saturated carbocycles. The summed E-state index contributed by atoms with van der Waals surface area (Å²) in [6.45, 7) is 4.29. The third-order valence-corrected chi connectivity index (χ3v) is 3.41. The Morgan fingerprint density at radius 2 is 2.07 bits per heavy atom. The molecule has 0 saturated heterocycles. The summed E-state index contributed by atoms with van der Waals surface area (Å²) in [4.78, 5) is 0. The van der Waals surface area contributed by atoms with Gasteiger partial charge >= 0.3 is 0 Å². The Hall–Kier alpha value is -0.900. The van der Waals surface area contributed by atoms with Gasteiger partial charge in [0, 0.05) is 7.05 Å². The number of hydrogen-bond donors (Lipinski definition) is 1. The lowest BCUT2D eigenvalue weighted by molar-refractivity contribution is 0.364. The van der Waals surface area contributed by atoms with Crippen LogP contribution in [0.3, 0.4) is 0 Å². The third kappa shape index (κ3) is 1.34. The number of nitrogens with zero attached hydrogens (tertiary/aromatic N) is 3. The first-order valence-corrected chi connectivity index (χ1v) is 5.11. The number of rotatable bonds is 3. The molecule has 4 heteroatoms. The molecule has 0 amide bonds. The van der Waals surface area contributed by atoms with Gasteiger partial charge in [-0.3, -0.25) is 0 Å². The summed E-state index contributed by atoms with van der Waals surface area (Å²) < 4.78 is 2.07. The second-order valence-electron chi connectivity index (χ2n) is 4.54. The van der Waals surface area contributed by atoms with Crippen molar-refractivity contribution in [1.82, 2.24) is 20.1 Å². The Labute approximate surface area is 84.7 Å². The first-order chi connectivity index (χ1) is 6.58. The van der Waals surface area contributed by atoms with Crippen molar-refractivity contribution in [3.05, 3.63) is 11.6 Å². The van der Waals surface area contributed by atoms with Crippen molar-refractivity contribution in [2.45, 2.75) is 32.7 Å². The van der Waals surface area contributed by atoms with Gasteiger partial charge in [0.25, 0.3) is 0 Å². The molecule has 14 heavy (non-hydrogen) atoms. The van der Waals surface area contributed by atoms with Gasteiger partial charge < -0.3 is 9.88 Å². The zero-order valence-electron chi connectivity index (χ0n) is 9.33. The van der Waals surface area contributed by atoms with Crippen LogP contribution < -0.4 is 5.32 Å². The fourth-order valence-corrected chi connectivity index (χ4v) is 1.95. The zero-order valence-corrected chi connectivity index (χ0v) is 9.33. The van der Waals surface area contributed by atoms with Crippen LogP contribution in [0.25, 0.3) is 0 Å². The van der Waals surface area contributed by atoms with Crippen molar-refractivity contribution in [2.75, 3.05) is 7.05 Å². The first kappa shape index (κ1) is 9.65. The van der Waals surface area contributed by atoms with E-state index in [1.165, 1.54) is 12.8 Å². The van der Waals surface area contributed by atoms with E-state index in [0.29, 0.717) is 11.5 Å². The molecule has 1 aliphatic carbocycles. The van der Waals surface area contributed by atoms with Crippen molar-refractivity contribution in [3.8, 4) is 0 Å². The molecular formula is C10H18N4. The van der Waals surface area contributed by atoms with Gasteiger partial charge in [-0.15, -0.1) is 10.2 Å². The molecular weight excluding hydrogens is 176 g/mol. The molecule has 0 bridgehead atoms. The molecule has 1 aliphatic rings. The van der Waals surface area contributed by atoms with Gasteiger partial charge in [-0.1, -0.05) is 6.92 Å². The van der Waals surface area contributed by atoms with Crippen LogP contribution in [0.4, 0.5) is 0 Å². The van der Waals surface area contributed by atoms with Crippen LogP contribution in [0.1, 0.15) is 37.5 Å². The SMILES string of the molecule is CNC(c1nnc(C)n1C)C1(C)CC1. The zero-order chi connectivity index (χ0) is 10.3. The highest BCUT2D eigenvalue weighted by Gasteiger charge is 2.46. The fourth-order valence-electron chi connectivity index (χ4n) is 1.95. The summed E-state index contributed by atoms with van der Waals surface area (Å²) in [5.74, 6) is 2.04. The maximum Gasteiger partial charge on any atom is 0.150 e. The van der Waals surface area contributed by atoms with Crippen molar-refractivity contribution in [1.29, 1.82) is 0 Å². The Bertz CT molecular complexity index is 338. The van der Waals surface area contributed by atoms with Crippen LogP contribution in [0.15, 0.2) is 0 Å². The van der Waals surface area contributed by atoms with E-state index in [9.17, 15) is 0 Å². The predicted molar refractivity (Wildman–Crippen MR) is 54.9 cm³/mol. The van der Waals surface area contributed by atoms with E-state index in [1.54, 1.807) is 0 Å². The Morgan fingerprint density at radius 3 is 2.43 bits per heavy atom. The Kier molecular flexibility index (Phi) is 2.10. The molecule has 0 spiro atoms. The second kappa shape index (κ2) is 3.05. The lowest BCUT2D eigenvalue weighted by Gasteiger charge is -2.21. The van der Waals surface area contributed by atoms with Crippen LogP contribution >= 0.6 is 0 Å². The van der Waals surface area contributed by atoms with Gasteiger partial charge in [-0.05, 0) is 32.2 Å². The highest BCUT2D eigenvalue weighted by molar-refractivity contribution is 5.10. The molecule has 0 aromatic carbocycles. The minimum atomic E-state index is 0.341. The quantitative estimate of drug-likeness (QED) is 0.785. The standard InChI is InChI=1S/C10H18N4/c1-7-12-13-9(14(7)4)8(11-3)10(2)5-6-10/h8,11H,5-6H2,1-4H3. The minimum Gasteiger partial charge on any atom is -0.317 e. The van der Waals surface area contributed by atoms with E-state index < -0.39 is 0 Å².